The molecular formula is C16H23NO. The third-order valence-electron chi connectivity index (χ3n) is 3.81. The van der Waals surface area contributed by atoms with Gasteiger partial charge in [0, 0.05) is 12.5 Å². The maximum Gasteiger partial charge on any atom is 0.223 e. The van der Waals surface area contributed by atoms with Crippen molar-refractivity contribution in [1.82, 2.24) is 5.32 Å². The van der Waals surface area contributed by atoms with Crippen molar-refractivity contribution in [2.75, 3.05) is 0 Å². The smallest absolute Gasteiger partial charge is 0.223 e. The summed E-state index contributed by atoms with van der Waals surface area (Å²) in [5.41, 5.74) is 2.44. The number of hydrogen-bond donors (Lipinski definition) is 1. The van der Waals surface area contributed by atoms with Crippen LogP contribution in [0.1, 0.15) is 49.7 Å². The predicted octanol–water partition coefficient (Wildman–Crippen LogP) is 3.58. The third-order valence-corrected chi connectivity index (χ3v) is 3.81. The lowest BCUT2D eigenvalue weighted by molar-refractivity contribution is -0.125. The Morgan fingerprint density at radius 2 is 1.72 bits per heavy atom. The van der Waals surface area contributed by atoms with E-state index in [0.29, 0.717) is 6.54 Å². The topological polar surface area (TPSA) is 29.1 Å². The van der Waals surface area contributed by atoms with Crippen molar-refractivity contribution in [3.05, 3.63) is 35.4 Å². The molecular weight excluding hydrogens is 222 g/mol. The van der Waals surface area contributed by atoms with E-state index in [0.717, 1.165) is 12.8 Å². The number of amides is 1. The summed E-state index contributed by atoms with van der Waals surface area (Å²) < 4.78 is 0. The molecule has 1 aromatic carbocycles. The Bertz CT molecular complexity index is 375. The number of benzene rings is 1. The lowest BCUT2D eigenvalue weighted by Gasteiger charge is -2.14. The molecule has 1 fully saturated rings. The van der Waals surface area contributed by atoms with Crippen LogP contribution in [-0.2, 0) is 11.3 Å². The molecule has 1 N–H and O–H groups in total. The molecule has 98 valence electrons. The van der Waals surface area contributed by atoms with Gasteiger partial charge < -0.3 is 5.32 Å². The molecule has 0 aliphatic heterocycles. The summed E-state index contributed by atoms with van der Waals surface area (Å²) in [7, 11) is 0. The van der Waals surface area contributed by atoms with Gasteiger partial charge in [-0.3, -0.25) is 4.79 Å². The van der Waals surface area contributed by atoms with Gasteiger partial charge in [-0.05, 0) is 25.3 Å². The molecule has 2 rings (SSSR count). The minimum atomic E-state index is 0.248. The van der Waals surface area contributed by atoms with E-state index < -0.39 is 0 Å². The maximum atomic E-state index is 12.1. The first-order valence-corrected chi connectivity index (χ1v) is 7.09. The van der Waals surface area contributed by atoms with Crippen molar-refractivity contribution >= 4 is 5.91 Å². The first-order valence-electron chi connectivity index (χ1n) is 7.09. The molecule has 1 aromatic rings. The van der Waals surface area contributed by atoms with Crippen LogP contribution in [0.4, 0.5) is 0 Å². The van der Waals surface area contributed by atoms with E-state index >= 15 is 0 Å². The van der Waals surface area contributed by atoms with Gasteiger partial charge >= 0.3 is 0 Å². The Labute approximate surface area is 110 Å². The Balaban J connectivity index is 1.81. The number of aryl methyl sites for hydroxylation is 1. The van der Waals surface area contributed by atoms with Crippen LogP contribution in [0.15, 0.2) is 24.3 Å². The van der Waals surface area contributed by atoms with Crippen LogP contribution >= 0.6 is 0 Å². The quantitative estimate of drug-likeness (QED) is 0.810. The van der Waals surface area contributed by atoms with E-state index in [1.165, 1.54) is 36.8 Å². The second-order valence-corrected chi connectivity index (χ2v) is 5.39. The molecule has 0 heterocycles. The lowest BCUT2D eigenvalue weighted by Crippen LogP contribution is -2.30. The van der Waals surface area contributed by atoms with Gasteiger partial charge in [-0.2, -0.15) is 0 Å². The first-order chi connectivity index (χ1) is 8.75. The fraction of sp³-hybridized carbons (Fsp3) is 0.562. The van der Waals surface area contributed by atoms with Crippen molar-refractivity contribution in [3.63, 3.8) is 0 Å². The molecule has 1 aliphatic carbocycles. The number of hydrogen-bond acceptors (Lipinski definition) is 1. The van der Waals surface area contributed by atoms with E-state index in [4.69, 9.17) is 0 Å². The molecule has 0 unspecified atom stereocenters. The molecule has 1 amide bonds. The molecule has 0 radical (unpaired) electrons. The zero-order chi connectivity index (χ0) is 12.8. The summed E-state index contributed by atoms with van der Waals surface area (Å²) in [5.74, 6) is 0.496. The fourth-order valence-corrected chi connectivity index (χ4v) is 2.58. The Morgan fingerprint density at radius 3 is 2.33 bits per heavy atom. The number of rotatable bonds is 3. The minimum Gasteiger partial charge on any atom is -0.352 e. The molecule has 2 heteroatoms. The van der Waals surface area contributed by atoms with E-state index in [1.54, 1.807) is 0 Å². The number of carbonyl (C=O) groups is 1. The molecule has 1 saturated carbocycles. The summed E-state index contributed by atoms with van der Waals surface area (Å²) >= 11 is 0. The summed E-state index contributed by atoms with van der Waals surface area (Å²) in [6, 6.07) is 8.35. The van der Waals surface area contributed by atoms with Crippen molar-refractivity contribution in [2.24, 2.45) is 5.92 Å². The van der Waals surface area contributed by atoms with Crippen molar-refractivity contribution < 1.29 is 4.79 Å². The second kappa shape index (κ2) is 6.58. The highest BCUT2D eigenvalue weighted by atomic mass is 16.1. The maximum absolute atomic E-state index is 12.1. The van der Waals surface area contributed by atoms with Crippen LogP contribution in [0.5, 0.6) is 0 Å². The summed E-state index contributed by atoms with van der Waals surface area (Å²) in [6.45, 7) is 2.74. The van der Waals surface area contributed by atoms with Gasteiger partial charge in [-0.25, -0.2) is 0 Å². The van der Waals surface area contributed by atoms with Gasteiger partial charge in [0.15, 0.2) is 0 Å². The number of nitrogens with one attached hydrogen (secondary N) is 1. The average Bonchev–Trinajstić information content (AvgIpc) is 2.66. The first kappa shape index (κ1) is 13.1. The van der Waals surface area contributed by atoms with Crippen LogP contribution in [0, 0.1) is 12.8 Å². The molecule has 0 spiro atoms. The second-order valence-electron chi connectivity index (χ2n) is 5.39. The third kappa shape index (κ3) is 3.86. The van der Waals surface area contributed by atoms with Crippen LogP contribution < -0.4 is 5.32 Å². The van der Waals surface area contributed by atoms with E-state index in [2.05, 4.69) is 36.5 Å². The Kier molecular flexibility index (Phi) is 4.80. The van der Waals surface area contributed by atoms with Gasteiger partial charge in [-0.15, -0.1) is 0 Å². The van der Waals surface area contributed by atoms with Crippen LogP contribution in [0.3, 0.4) is 0 Å². The molecule has 0 bridgehead atoms. The number of carbonyl (C=O) groups excluding carboxylic acids is 1. The van der Waals surface area contributed by atoms with Crippen LogP contribution in [0.25, 0.3) is 0 Å². The molecule has 18 heavy (non-hydrogen) atoms. The Morgan fingerprint density at radius 1 is 1.11 bits per heavy atom. The molecule has 2 nitrogen and oxygen atoms in total. The highest BCUT2D eigenvalue weighted by Gasteiger charge is 2.19. The molecule has 0 atom stereocenters. The van der Waals surface area contributed by atoms with E-state index in [9.17, 15) is 4.79 Å². The van der Waals surface area contributed by atoms with E-state index in [1.807, 2.05) is 0 Å². The summed E-state index contributed by atoms with van der Waals surface area (Å²) in [5, 5.41) is 3.08. The van der Waals surface area contributed by atoms with Gasteiger partial charge in [0.25, 0.3) is 0 Å². The zero-order valence-corrected chi connectivity index (χ0v) is 11.2. The van der Waals surface area contributed by atoms with E-state index in [-0.39, 0.29) is 11.8 Å². The van der Waals surface area contributed by atoms with Crippen molar-refractivity contribution in [1.29, 1.82) is 0 Å². The monoisotopic (exact) mass is 245 g/mol. The standard InChI is InChI=1S/C16H23NO/c1-13-8-10-14(11-9-13)12-17-16(18)15-6-4-2-3-5-7-15/h8-11,15H,2-7,12H2,1H3,(H,17,18). The Hall–Kier alpha value is -1.31. The predicted molar refractivity (Wildman–Crippen MR) is 74.2 cm³/mol. The highest BCUT2D eigenvalue weighted by molar-refractivity contribution is 5.78. The minimum absolute atomic E-state index is 0.248. The molecule has 0 aromatic heterocycles. The molecule has 1 aliphatic rings. The summed E-state index contributed by atoms with van der Waals surface area (Å²) in [4.78, 5) is 12.1. The zero-order valence-electron chi connectivity index (χ0n) is 11.2. The fourth-order valence-electron chi connectivity index (χ4n) is 2.58. The van der Waals surface area contributed by atoms with Crippen LogP contribution in [-0.4, -0.2) is 5.91 Å². The van der Waals surface area contributed by atoms with Crippen LogP contribution in [0.2, 0.25) is 0 Å². The van der Waals surface area contributed by atoms with Gasteiger partial charge in [0.2, 0.25) is 5.91 Å². The van der Waals surface area contributed by atoms with Crippen molar-refractivity contribution in [3.8, 4) is 0 Å². The SMILES string of the molecule is Cc1ccc(CNC(=O)C2CCCCCC2)cc1. The summed E-state index contributed by atoms with van der Waals surface area (Å²) in [6.07, 6.45) is 7.15. The van der Waals surface area contributed by atoms with Crippen molar-refractivity contribution in [2.45, 2.75) is 52.0 Å². The van der Waals surface area contributed by atoms with Gasteiger partial charge in [0.05, 0.1) is 0 Å². The normalized spacial score (nSPS) is 17.2. The van der Waals surface area contributed by atoms with Gasteiger partial charge in [0.1, 0.15) is 0 Å². The lowest BCUT2D eigenvalue weighted by atomic mass is 9.99. The largest absolute Gasteiger partial charge is 0.352 e. The molecule has 0 saturated heterocycles. The van der Waals surface area contributed by atoms with Gasteiger partial charge in [-0.1, -0.05) is 55.5 Å². The average molecular weight is 245 g/mol. The highest BCUT2D eigenvalue weighted by Crippen LogP contribution is 2.22.